The Morgan fingerprint density at radius 2 is 1.08 bits per heavy atom. The Morgan fingerprint density at radius 1 is 0.658 bits per heavy atom. The van der Waals surface area contributed by atoms with Crippen molar-refractivity contribution >= 4 is 47.5 Å². The minimum absolute atomic E-state index is 0. The van der Waals surface area contributed by atoms with Crippen LogP contribution in [-0.2, 0) is 0 Å². The van der Waals surface area contributed by atoms with Gasteiger partial charge >= 0.3 is 6.03 Å². The molecule has 1 aliphatic rings. The summed E-state index contributed by atoms with van der Waals surface area (Å²) in [6.45, 7) is 1.07. The number of halogens is 1. The number of benzene rings is 4. The van der Waals surface area contributed by atoms with Crippen LogP contribution >= 0.6 is 12.4 Å². The molecule has 4 aromatic rings. The van der Waals surface area contributed by atoms with Crippen molar-refractivity contribution in [2.75, 3.05) is 31.3 Å². The maximum Gasteiger partial charge on any atom is 0.323 e. The number of nitrogens with one attached hydrogen (secondary N) is 2. The molecule has 0 unspecified atom stereocenters. The molecule has 0 saturated heterocycles. The Morgan fingerprint density at radius 3 is 1.53 bits per heavy atom. The summed E-state index contributed by atoms with van der Waals surface area (Å²) in [6.07, 6.45) is 7.89. The Bertz CT molecular complexity index is 1270. The Hall–Kier alpha value is -4.12. The standard InChI is InChI=1S/C20H21N.C13H12N2O.ClH/c1-21(2)15-7-12-20-18-10-5-3-8-16(18)13-14-17-9-4-6-11-19(17)20;16-13(14-11-7-3-1-4-8-11)15-12-9-5-2-6-10-12;/h3-6,8-14H,7,15H2,1-2H3;1-10H,(H2,14,15,16);1H. The van der Waals surface area contributed by atoms with E-state index < -0.39 is 0 Å². The molecule has 194 valence electrons. The molecule has 0 spiro atoms. The van der Waals surface area contributed by atoms with Crippen LogP contribution in [0.25, 0.3) is 17.7 Å². The summed E-state index contributed by atoms with van der Waals surface area (Å²) in [5, 5.41) is 5.48. The van der Waals surface area contributed by atoms with Crippen molar-refractivity contribution < 1.29 is 4.79 Å². The lowest BCUT2D eigenvalue weighted by Crippen LogP contribution is -2.19. The van der Waals surface area contributed by atoms with E-state index in [2.05, 4.69) is 96.4 Å². The van der Waals surface area contributed by atoms with Gasteiger partial charge in [0.25, 0.3) is 0 Å². The molecule has 2 amide bonds. The van der Waals surface area contributed by atoms with Crippen LogP contribution in [0.1, 0.15) is 28.7 Å². The average Bonchev–Trinajstić information content (AvgIpc) is 3.07. The van der Waals surface area contributed by atoms with Crippen LogP contribution in [-0.4, -0.2) is 31.6 Å². The highest BCUT2D eigenvalue weighted by Crippen LogP contribution is 2.33. The third-order valence-electron chi connectivity index (χ3n) is 5.93. The molecule has 1 aliphatic carbocycles. The molecule has 0 atom stereocenters. The lowest BCUT2D eigenvalue weighted by molar-refractivity contribution is 0.262. The summed E-state index contributed by atoms with van der Waals surface area (Å²) >= 11 is 0. The van der Waals surface area contributed by atoms with E-state index in [-0.39, 0.29) is 18.4 Å². The minimum atomic E-state index is -0.239. The second kappa shape index (κ2) is 14.6. The molecule has 4 nitrogen and oxygen atoms in total. The van der Waals surface area contributed by atoms with Crippen LogP contribution < -0.4 is 10.6 Å². The average molecular weight is 524 g/mol. The number of nitrogens with zero attached hydrogens (tertiary/aromatic N) is 1. The second-order valence-corrected chi connectivity index (χ2v) is 9.03. The molecule has 0 heterocycles. The summed E-state index contributed by atoms with van der Waals surface area (Å²) in [5.41, 5.74) is 8.16. The fraction of sp³-hybridized carbons (Fsp3) is 0.121. The smallest absolute Gasteiger partial charge is 0.309 e. The summed E-state index contributed by atoms with van der Waals surface area (Å²) in [4.78, 5) is 13.8. The van der Waals surface area contributed by atoms with Crippen LogP contribution in [0.4, 0.5) is 16.2 Å². The summed E-state index contributed by atoms with van der Waals surface area (Å²) in [5.74, 6) is 0. The number of rotatable bonds is 5. The fourth-order valence-corrected chi connectivity index (χ4v) is 4.12. The van der Waals surface area contributed by atoms with Crippen LogP contribution in [0.15, 0.2) is 115 Å². The van der Waals surface area contributed by atoms with Gasteiger partial charge in [0.1, 0.15) is 0 Å². The number of carbonyl (C=O) groups is 1. The maximum absolute atomic E-state index is 11.6. The van der Waals surface area contributed by atoms with Gasteiger partial charge < -0.3 is 15.5 Å². The number of urea groups is 1. The Labute approximate surface area is 232 Å². The van der Waals surface area contributed by atoms with Crippen LogP contribution in [0, 0.1) is 0 Å². The third-order valence-corrected chi connectivity index (χ3v) is 5.93. The topological polar surface area (TPSA) is 44.4 Å². The van der Waals surface area contributed by atoms with Crippen molar-refractivity contribution in [1.82, 2.24) is 4.90 Å². The quantitative estimate of drug-likeness (QED) is 0.243. The molecular formula is C33H34ClN3O. The molecule has 0 bridgehead atoms. The van der Waals surface area contributed by atoms with E-state index in [0.29, 0.717) is 0 Å². The Kier molecular flexibility index (Phi) is 10.9. The van der Waals surface area contributed by atoms with Gasteiger partial charge in [-0.05, 0) is 72.6 Å². The summed E-state index contributed by atoms with van der Waals surface area (Å²) in [6, 6.07) is 35.7. The van der Waals surface area contributed by atoms with E-state index in [1.807, 2.05) is 60.7 Å². The predicted molar refractivity (Wildman–Crippen MR) is 165 cm³/mol. The minimum Gasteiger partial charge on any atom is -0.309 e. The highest BCUT2D eigenvalue weighted by Gasteiger charge is 2.13. The molecule has 4 aromatic carbocycles. The van der Waals surface area contributed by atoms with Crippen molar-refractivity contribution in [3.8, 4) is 0 Å². The van der Waals surface area contributed by atoms with Crippen molar-refractivity contribution in [3.05, 3.63) is 138 Å². The molecule has 2 N–H and O–H groups in total. The molecular weight excluding hydrogens is 490 g/mol. The third kappa shape index (κ3) is 8.20. The van der Waals surface area contributed by atoms with E-state index >= 15 is 0 Å². The van der Waals surface area contributed by atoms with E-state index in [4.69, 9.17) is 0 Å². The van der Waals surface area contributed by atoms with Crippen molar-refractivity contribution in [2.24, 2.45) is 0 Å². The predicted octanol–water partition coefficient (Wildman–Crippen LogP) is 8.31. The van der Waals surface area contributed by atoms with Gasteiger partial charge in [-0.25, -0.2) is 4.79 Å². The van der Waals surface area contributed by atoms with Gasteiger partial charge in [0, 0.05) is 17.9 Å². The maximum atomic E-state index is 11.6. The van der Waals surface area contributed by atoms with Crippen molar-refractivity contribution in [1.29, 1.82) is 0 Å². The summed E-state index contributed by atoms with van der Waals surface area (Å²) in [7, 11) is 4.24. The fourth-order valence-electron chi connectivity index (χ4n) is 4.12. The van der Waals surface area contributed by atoms with E-state index in [0.717, 1.165) is 24.3 Å². The van der Waals surface area contributed by atoms with E-state index in [1.54, 1.807) is 0 Å². The number of hydrogen-bond acceptors (Lipinski definition) is 2. The van der Waals surface area contributed by atoms with Gasteiger partial charge in [-0.3, -0.25) is 0 Å². The number of anilines is 2. The highest BCUT2D eigenvalue weighted by atomic mass is 35.5. The molecule has 5 heteroatoms. The molecule has 0 aliphatic heterocycles. The SMILES string of the molecule is CN(C)CCC=C1c2ccccc2C=Cc2ccccc21.Cl.O=C(Nc1ccccc1)Nc1ccccc1. The van der Waals surface area contributed by atoms with Gasteiger partial charge in [-0.15, -0.1) is 12.4 Å². The zero-order valence-corrected chi connectivity index (χ0v) is 22.6. The molecule has 5 rings (SSSR count). The number of para-hydroxylation sites is 2. The lowest BCUT2D eigenvalue weighted by Gasteiger charge is -2.13. The first kappa shape index (κ1) is 28.5. The van der Waals surface area contributed by atoms with E-state index in [9.17, 15) is 4.79 Å². The number of hydrogen-bond donors (Lipinski definition) is 2. The first-order valence-corrected chi connectivity index (χ1v) is 12.5. The zero-order valence-electron chi connectivity index (χ0n) is 21.8. The van der Waals surface area contributed by atoms with E-state index in [1.165, 1.54) is 27.8 Å². The monoisotopic (exact) mass is 523 g/mol. The van der Waals surface area contributed by atoms with Crippen molar-refractivity contribution in [3.63, 3.8) is 0 Å². The van der Waals surface area contributed by atoms with Gasteiger partial charge in [0.05, 0.1) is 0 Å². The molecule has 38 heavy (non-hydrogen) atoms. The molecule has 0 aromatic heterocycles. The largest absolute Gasteiger partial charge is 0.323 e. The first-order chi connectivity index (χ1) is 18.1. The van der Waals surface area contributed by atoms with Gasteiger partial charge in [-0.2, -0.15) is 0 Å². The first-order valence-electron chi connectivity index (χ1n) is 12.5. The molecule has 0 saturated carbocycles. The zero-order chi connectivity index (χ0) is 25.9. The second-order valence-electron chi connectivity index (χ2n) is 9.03. The normalized spacial score (nSPS) is 11.1. The lowest BCUT2D eigenvalue weighted by atomic mass is 9.93. The summed E-state index contributed by atoms with van der Waals surface area (Å²) < 4.78 is 0. The molecule has 0 radical (unpaired) electrons. The number of amides is 2. The van der Waals surface area contributed by atoms with Gasteiger partial charge in [0.2, 0.25) is 0 Å². The number of carbonyl (C=O) groups excluding carboxylic acids is 1. The van der Waals surface area contributed by atoms with Crippen LogP contribution in [0.5, 0.6) is 0 Å². The van der Waals surface area contributed by atoms with Gasteiger partial charge in [-0.1, -0.05) is 103 Å². The Balaban J connectivity index is 0.000000213. The van der Waals surface area contributed by atoms with Crippen LogP contribution in [0.2, 0.25) is 0 Å². The number of fused-ring (bicyclic) bond motifs is 2. The van der Waals surface area contributed by atoms with Gasteiger partial charge in [0.15, 0.2) is 0 Å². The molecule has 0 fully saturated rings. The van der Waals surface area contributed by atoms with Crippen molar-refractivity contribution in [2.45, 2.75) is 6.42 Å². The van der Waals surface area contributed by atoms with Crippen LogP contribution in [0.3, 0.4) is 0 Å². The highest BCUT2D eigenvalue weighted by molar-refractivity contribution is 5.99.